The summed E-state index contributed by atoms with van der Waals surface area (Å²) in [5.74, 6) is -1.76. The van der Waals surface area contributed by atoms with Crippen LogP contribution in [-0.4, -0.2) is 27.6 Å². The maximum Gasteiger partial charge on any atom is 0.267 e. The highest BCUT2D eigenvalue weighted by molar-refractivity contribution is 9.10. The zero-order valence-electron chi connectivity index (χ0n) is 10.7. The van der Waals surface area contributed by atoms with Crippen LogP contribution in [0.2, 0.25) is 0 Å². The van der Waals surface area contributed by atoms with Gasteiger partial charge in [0.15, 0.2) is 5.82 Å². The topological polar surface area (TPSA) is 46.2 Å². The number of alkyl halides is 5. The van der Waals surface area contributed by atoms with Crippen molar-refractivity contribution in [1.82, 2.24) is 4.72 Å². The van der Waals surface area contributed by atoms with Crippen molar-refractivity contribution in [3.8, 4) is 0 Å². The van der Waals surface area contributed by atoms with Gasteiger partial charge in [-0.15, -0.1) is 0 Å². The van der Waals surface area contributed by atoms with Crippen LogP contribution in [0.15, 0.2) is 21.5 Å². The number of sulfonamides is 1. The van der Waals surface area contributed by atoms with Crippen LogP contribution in [0.25, 0.3) is 0 Å². The van der Waals surface area contributed by atoms with Gasteiger partial charge in [0.1, 0.15) is 4.90 Å². The van der Waals surface area contributed by atoms with Crippen LogP contribution in [0.3, 0.4) is 0 Å². The number of hydrogen-bond acceptors (Lipinski definition) is 2. The van der Waals surface area contributed by atoms with E-state index < -0.39 is 58.3 Å². The molecule has 0 radical (unpaired) electrons. The first-order valence-corrected chi connectivity index (χ1v) is 8.02. The second-order valence-electron chi connectivity index (χ2n) is 4.11. The Bertz CT molecular complexity index is 625. The summed E-state index contributed by atoms with van der Waals surface area (Å²) in [6, 6.07) is -0.592. The lowest BCUT2D eigenvalue weighted by atomic mass is 10.2. The largest absolute Gasteiger partial charge is 0.267 e. The van der Waals surface area contributed by atoms with Gasteiger partial charge < -0.3 is 0 Å². The fourth-order valence-electron chi connectivity index (χ4n) is 1.57. The molecule has 0 bridgehead atoms. The van der Waals surface area contributed by atoms with E-state index in [0.29, 0.717) is 6.07 Å². The molecule has 0 saturated heterocycles. The van der Waals surface area contributed by atoms with Crippen LogP contribution in [0.5, 0.6) is 0 Å². The summed E-state index contributed by atoms with van der Waals surface area (Å²) >= 11 is 2.64. The van der Waals surface area contributed by atoms with Gasteiger partial charge in [-0.1, -0.05) is 15.9 Å². The van der Waals surface area contributed by atoms with Crippen molar-refractivity contribution >= 4 is 26.0 Å². The maximum absolute atomic E-state index is 13.9. The Morgan fingerprint density at radius 3 is 2.23 bits per heavy atom. The Hall–Kier alpha value is -0.810. The van der Waals surface area contributed by atoms with Gasteiger partial charge in [0.2, 0.25) is 10.0 Å². The van der Waals surface area contributed by atoms with Crippen molar-refractivity contribution in [2.45, 2.75) is 30.2 Å². The van der Waals surface area contributed by atoms with Crippen LogP contribution in [0, 0.1) is 5.82 Å². The van der Waals surface area contributed by atoms with E-state index in [9.17, 15) is 34.8 Å². The van der Waals surface area contributed by atoms with Crippen molar-refractivity contribution in [3.63, 3.8) is 0 Å². The molecule has 0 saturated carbocycles. The fraction of sp³-hybridized carbons (Fsp3) is 0.455. The summed E-state index contributed by atoms with van der Waals surface area (Å²) in [6.45, 7) is -1.23. The zero-order valence-corrected chi connectivity index (χ0v) is 13.1. The summed E-state index contributed by atoms with van der Waals surface area (Å²) in [5.41, 5.74) is -1.21. The van der Waals surface area contributed by atoms with Gasteiger partial charge >= 0.3 is 0 Å². The molecule has 3 nitrogen and oxygen atoms in total. The van der Waals surface area contributed by atoms with Gasteiger partial charge in [0.05, 0.1) is 18.3 Å². The second-order valence-corrected chi connectivity index (χ2v) is 6.65. The molecule has 1 aromatic carbocycles. The van der Waals surface area contributed by atoms with E-state index in [4.69, 9.17) is 0 Å². The molecule has 1 N–H and O–H groups in total. The van der Waals surface area contributed by atoms with Crippen LogP contribution in [0.1, 0.15) is 18.4 Å². The Labute approximate surface area is 130 Å². The van der Waals surface area contributed by atoms with Crippen molar-refractivity contribution in [2.75, 3.05) is 6.67 Å². The molecule has 1 aromatic rings. The minimum absolute atomic E-state index is 0.367. The van der Waals surface area contributed by atoms with Crippen LogP contribution in [-0.2, 0) is 10.0 Å². The summed E-state index contributed by atoms with van der Waals surface area (Å²) in [7, 11) is -4.86. The van der Waals surface area contributed by atoms with E-state index in [0.717, 1.165) is 6.07 Å². The molecule has 22 heavy (non-hydrogen) atoms. The highest BCUT2D eigenvalue weighted by Crippen LogP contribution is 2.33. The van der Waals surface area contributed by atoms with Crippen LogP contribution < -0.4 is 4.72 Å². The molecule has 11 heteroatoms. The Balaban J connectivity index is 3.26. The second kappa shape index (κ2) is 7.64. The number of halogens is 7. The predicted octanol–water partition coefficient (Wildman–Crippen LogP) is 3.80. The number of rotatable bonds is 7. The maximum atomic E-state index is 13.9. The average Bonchev–Trinajstić information content (AvgIpc) is 2.36. The number of nitrogens with one attached hydrogen (secondary N) is 1. The van der Waals surface area contributed by atoms with Gasteiger partial charge in [-0.25, -0.2) is 35.1 Å². The molecule has 0 amide bonds. The molecular formula is C11H10BrF6NO2S. The average molecular weight is 414 g/mol. The summed E-state index contributed by atoms with van der Waals surface area (Å²) < 4.78 is 101. The molecule has 1 atom stereocenters. The van der Waals surface area contributed by atoms with Crippen LogP contribution >= 0.6 is 15.9 Å². The molecule has 0 aliphatic rings. The smallest absolute Gasteiger partial charge is 0.251 e. The van der Waals surface area contributed by atoms with Gasteiger partial charge in [0.25, 0.3) is 12.9 Å². The third-order valence-corrected chi connectivity index (χ3v) is 4.83. The van der Waals surface area contributed by atoms with E-state index in [1.807, 2.05) is 0 Å². The summed E-state index contributed by atoms with van der Waals surface area (Å²) in [6.07, 6.45) is -7.39. The van der Waals surface area contributed by atoms with E-state index in [-0.39, 0.29) is 4.47 Å². The van der Waals surface area contributed by atoms with Gasteiger partial charge in [-0.3, -0.25) is 4.39 Å². The molecular weight excluding hydrogens is 404 g/mol. The summed E-state index contributed by atoms with van der Waals surface area (Å²) in [5, 5.41) is 0. The quantitative estimate of drug-likeness (QED) is 0.691. The van der Waals surface area contributed by atoms with E-state index in [2.05, 4.69) is 15.9 Å². The minimum atomic E-state index is -4.86. The molecule has 1 rings (SSSR count). The standard InChI is InChI=1S/C11H10BrF6NO2S/c12-5-1-2-7(9(14)8(5)11(17)18)22(20,21)19-6(3-4-13)10(15)16/h1-2,6,10-11,19H,3-4H2. The lowest BCUT2D eigenvalue weighted by molar-refractivity contribution is 0.101. The zero-order chi connectivity index (χ0) is 17.1. The van der Waals surface area contributed by atoms with E-state index in [1.54, 1.807) is 0 Å². The van der Waals surface area contributed by atoms with E-state index in [1.165, 1.54) is 4.72 Å². The minimum Gasteiger partial charge on any atom is -0.251 e. The first-order valence-electron chi connectivity index (χ1n) is 5.74. The number of hydrogen-bond donors (Lipinski definition) is 1. The highest BCUT2D eigenvalue weighted by Gasteiger charge is 2.31. The lowest BCUT2D eigenvalue weighted by Gasteiger charge is -2.17. The molecule has 0 aliphatic carbocycles. The molecule has 0 aliphatic heterocycles. The van der Waals surface area contributed by atoms with Crippen molar-refractivity contribution < 1.29 is 34.8 Å². The van der Waals surface area contributed by atoms with Crippen molar-refractivity contribution in [2.24, 2.45) is 0 Å². The SMILES string of the molecule is O=S(=O)(NC(CCF)C(F)F)c1ccc(Br)c(C(F)F)c1F. The van der Waals surface area contributed by atoms with E-state index >= 15 is 0 Å². The van der Waals surface area contributed by atoms with Gasteiger partial charge in [-0.2, -0.15) is 0 Å². The first kappa shape index (κ1) is 19.2. The van der Waals surface area contributed by atoms with Gasteiger partial charge in [0, 0.05) is 4.47 Å². The van der Waals surface area contributed by atoms with Crippen LogP contribution in [0.4, 0.5) is 26.3 Å². The number of benzene rings is 1. The Morgan fingerprint density at radius 2 is 1.77 bits per heavy atom. The molecule has 126 valence electrons. The fourth-order valence-corrected chi connectivity index (χ4v) is 3.39. The monoisotopic (exact) mass is 413 g/mol. The Kier molecular flexibility index (Phi) is 6.68. The first-order chi connectivity index (χ1) is 10.1. The van der Waals surface area contributed by atoms with Gasteiger partial charge in [-0.05, 0) is 18.6 Å². The third-order valence-electron chi connectivity index (χ3n) is 2.63. The molecule has 0 heterocycles. The molecule has 0 fully saturated rings. The predicted molar refractivity (Wildman–Crippen MR) is 69.8 cm³/mol. The van der Waals surface area contributed by atoms with Crippen molar-refractivity contribution in [3.05, 3.63) is 28.0 Å². The molecule has 1 unspecified atom stereocenters. The highest BCUT2D eigenvalue weighted by atomic mass is 79.9. The Morgan fingerprint density at radius 1 is 1.18 bits per heavy atom. The third kappa shape index (κ3) is 4.35. The molecule has 0 spiro atoms. The molecule has 0 aromatic heterocycles. The lowest BCUT2D eigenvalue weighted by Crippen LogP contribution is -2.40. The summed E-state index contributed by atoms with van der Waals surface area (Å²) in [4.78, 5) is -1.21. The normalized spacial score (nSPS) is 13.9. The van der Waals surface area contributed by atoms with Crippen molar-refractivity contribution in [1.29, 1.82) is 0 Å².